The van der Waals surface area contributed by atoms with Gasteiger partial charge in [0.15, 0.2) is 0 Å². The van der Waals surface area contributed by atoms with Crippen molar-refractivity contribution in [2.75, 3.05) is 20.0 Å². The van der Waals surface area contributed by atoms with E-state index < -0.39 is 0 Å². The van der Waals surface area contributed by atoms with Gasteiger partial charge < -0.3 is 14.2 Å². The Morgan fingerprint density at radius 3 is 2.76 bits per heavy atom. The lowest BCUT2D eigenvalue weighted by Gasteiger charge is -2.14. The molecule has 0 bridgehead atoms. The fraction of sp³-hybridized carbons (Fsp3) is 0.538. The highest BCUT2D eigenvalue weighted by Gasteiger charge is 2.05. The molecule has 0 fully saturated rings. The lowest BCUT2D eigenvalue weighted by molar-refractivity contribution is -0.0932. The van der Waals surface area contributed by atoms with Crippen molar-refractivity contribution in [2.24, 2.45) is 0 Å². The van der Waals surface area contributed by atoms with Gasteiger partial charge in [-0.15, -0.1) is 0 Å². The molecule has 0 spiro atoms. The van der Waals surface area contributed by atoms with Crippen LogP contribution in [0.2, 0.25) is 0 Å². The van der Waals surface area contributed by atoms with Crippen LogP contribution in [0.3, 0.4) is 0 Å². The van der Waals surface area contributed by atoms with Crippen molar-refractivity contribution in [1.82, 2.24) is 0 Å². The predicted octanol–water partition coefficient (Wildman–Crippen LogP) is 3.62. The van der Waals surface area contributed by atoms with Crippen LogP contribution < -0.4 is 4.74 Å². The highest BCUT2D eigenvalue weighted by Crippen LogP contribution is 2.23. The number of para-hydroxylation sites is 1. The zero-order valence-electron chi connectivity index (χ0n) is 10.3. The van der Waals surface area contributed by atoms with E-state index in [1.54, 1.807) is 0 Å². The lowest BCUT2D eigenvalue weighted by atomic mass is 10.3. The molecule has 3 nitrogen and oxygen atoms in total. The van der Waals surface area contributed by atoms with E-state index in [9.17, 15) is 0 Å². The van der Waals surface area contributed by atoms with Crippen LogP contribution in [0.4, 0.5) is 0 Å². The van der Waals surface area contributed by atoms with Gasteiger partial charge >= 0.3 is 0 Å². The molecular formula is C13H19BrO3. The van der Waals surface area contributed by atoms with E-state index in [0.717, 1.165) is 23.2 Å². The number of rotatable bonds is 8. The summed E-state index contributed by atoms with van der Waals surface area (Å²) in [4.78, 5) is 0. The van der Waals surface area contributed by atoms with E-state index in [4.69, 9.17) is 14.2 Å². The normalized spacial score (nSPS) is 12.4. The Morgan fingerprint density at radius 2 is 2.06 bits per heavy atom. The Morgan fingerprint density at radius 1 is 1.29 bits per heavy atom. The summed E-state index contributed by atoms with van der Waals surface area (Å²) in [5, 5.41) is 0. The van der Waals surface area contributed by atoms with Crippen molar-refractivity contribution in [2.45, 2.75) is 26.4 Å². The monoisotopic (exact) mass is 302 g/mol. The average molecular weight is 303 g/mol. The van der Waals surface area contributed by atoms with Gasteiger partial charge in [-0.2, -0.15) is 0 Å². The molecule has 1 unspecified atom stereocenters. The SMILES string of the molecule is CCCOCOC(C)COc1ccccc1Br. The summed E-state index contributed by atoms with van der Waals surface area (Å²) < 4.78 is 17.3. The molecule has 1 atom stereocenters. The summed E-state index contributed by atoms with van der Waals surface area (Å²) in [6.45, 7) is 5.61. The number of benzene rings is 1. The molecule has 0 radical (unpaired) electrons. The minimum atomic E-state index is 0.0129. The van der Waals surface area contributed by atoms with Crippen molar-refractivity contribution in [1.29, 1.82) is 0 Å². The minimum absolute atomic E-state index is 0.0129. The standard InChI is InChI=1S/C13H19BrO3/c1-3-8-15-10-17-11(2)9-16-13-7-5-4-6-12(13)14/h4-7,11H,3,8-10H2,1-2H3. The van der Waals surface area contributed by atoms with Gasteiger partial charge in [-0.3, -0.25) is 0 Å². The molecule has 0 aliphatic rings. The van der Waals surface area contributed by atoms with Gasteiger partial charge in [-0.25, -0.2) is 0 Å². The van der Waals surface area contributed by atoms with Crippen LogP contribution in [0.5, 0.6) is 5.75 Å². The molecule has 0 N–H and O–H groups in total. The van der Waals surface area contributed by atoms with E-state index in [2.05, 4.69) is 22.9 Å². The van der Waals surface area contributed by atoms with Crippen LogP contribution in [0, 0.1) is 0 Å². The van der Waals surface area contributed by atoms with E-state index in [1.165, 1.54) is 0 Å². The van der Waals surface area contributed by atoms with Crippen molar-refractivity contribution in [3.63, 3.8) is 0 Å². The summed E-state index contributed by atoms with van der Waals surface area (Å²) >= 11 is 3.43. The number of hydrogen-bond acceptors (Lipinski definition) is 3. The summed E-state index contributed by atoms with van der Waals surface area (Å²) in [5.74, 6) is 0.831. The van der Waals surface area contributed by atoms with Gasteiger partial charge in [-0.05, 0) is 41.4 Å². The van der Waals surface area contributed by atoms with Crippen LogP contribution in [0.1, 0.15) is 20.3 Å². The fourth-order valence-corrected chi connectivity index (χ4v) is 1.58. The van der Waals surface area contributed by atoms with E-state index >= 15 is 0 Å². The van der Waals surface area contributed by atoms with Gasteiger partial charge in [0.2, 0.25) is 0 Å². The number of ether oxygens (including phenoxy) is 3. The molecule has 4 heteroatoms. The third kappa shape index (κ3) is 6.05. The van der Waals surface area contributed by atoms with Gasteiger partial charge in [0, 0.05) is 6.61 Å². The molecule has 1 rings (SSSR count). The molecule has 17 heavy (non-hydrogen) atoms. The fourth-order valence-electron chi connectivity index (χ4n) is 1.18. The first kappa shape index (κ1) is 14.5. The molecule has 0 aliphatic heterocycles. The largest absolute Gasteiger partial charge is 0.490 e. The summed E-state index contributed by atoms with van der Waals surface area (Å²) in [5.41, 5.74) is 0. The van der Waals surface area contributed by atoms with Crippen LogP contribution in [0.25, 0.3) is 0 Å². The molecule has 0 saturated carbocycles. The zero-order chi connectivity index (χ0) is 12.5. The van der Waals surface area contributed by atoms with Crippen molar-refractivity contribution in [3.8, 4) is 5.75 Å². The third-order valence-corrected chi connectivity index (χ3v) is 2.75. The van der Waals surface area contributed by atoms with E-state index in [1.807, 2.05) is 31.2 Å². The second-order valence-corrected chi connectivity index (χ2v) is 4.60. The van der Waals surface area contributed by atoms with Gasteiger partial charge in [0.25, 0.3) is 0 Å². The maximum atomic E-state index is 5.63. The first-order chi connectivity index (χ1) is 8.24. The highest BCUT2D eigenvalue weighted by molar-refractivity contribution is 9.10. The zero-order valence-corrected chi connectivity index (χ0v) is 11.9. The van der Waals surface area contributed by atoms with Crippen LogP contribution in [-0.4, -0.2) is 26.1 Å². The number of halogens is 1. The Balaban J connectivity index is 2.19. The Hall–Kier alpha value is -0.580. The molecule has 0 aliphatic carbocycles. The van der Waals surface area contributed by atoms with Crippen molar-refractivity contribution < 1.29 is 14.2 Å². The Bertz CT molecular complexity index is 317. The molecule has 96 valence electrons. The highest BCUT2D eigenvalue weighted by atomic mass is 79.9. The van der Waals surface area contributed by atoms with Gasteiger partial charge in [0.1, 0.15) is 19.1 Å². The second-order valence-electron chi connectivity index (χ2n) is 3.74. The van der Waals surface area contributed by atoms with Crippen molar-refractivity contribution >= 4 is 15.9 Å². The molecule has 1 aromatic carbocycles. The van der Waals surface area contributed by atoms with E-state index in [0.29, 0.717) is 13.4 Å². The minimum Gasteiger partial charge on any atom is -0.490 e. The molecule has 0 aromatic heterocycles. The molecular weight excluding hydrogens is 284 g/mol. The molecule has 0 amide bonds. The third-order valence-electron chi connectivity index (χ3n) is 2.09. The lowest BCUT2D eigenvalue weighted by Crippen LogP contribution is -2.19. The van der Waals surface area contributed by atoms with Crippen LogP contribution in [-0.2, 0) is 9.47 Å². The Labute approximate surface area is 111 Å². The molecule has 1 aromatic rings. The molecule has 0 heterocycles. The summed E-state index contributed by atoms with van der Waals surface area (Å²) in [6, 6.07) is 7.76. The first-order valence-corrected chi connectivity index (χ1v) is 6.60. The quantitative estimate of drug-likeness (QED) is 0.542. The topological polar surface area (TPSA) is 27.7 Å². The van der Waals surface area contributed by atoms with Crippen molar-refractivity contribution in [3.05, 3.63) is 28.7 Å². The Kier molecular flexibility index (Phi) is 7.24. The summed E-state index contributed by atoms with van der Waals surface area (Å²) in [6.07, 6.45) is 1.02. The first-order valence-electron chi connectivity index (χ1n) is 5.80. The smallest absolute Gasteiger partial charge is 0.147 e. The summed E-state index contributed by atoms with van der Waals surface area (Å²) in [7, 11) is 0. The van der Waals surface area contributed by atoms with Crippen LogP contribution in [0.15, 0.2) is 28.7 Å². The van der Waals surface area contributed by atoms with Gasteiger partial charge in [0.05, 0.1) is 10.6 Å². The van der Waals surface area contributed by atoms with E-state index in [-0.39, 0.29) is 6.10 Å². The average Bonchev–Trinajstić information content (AvgIpc) is 2.34. The maximum absolute atomic E-state index is 5.63. The predicted molar refractivity (Wildman–Crippen MR) is 71.3 cm³/mol. The number of hydrogen-bond donors (Lipinski definition) is 0. The second kappa shape index (κ2) is 8.50. The molecule has 0 saturated heterocycles. The van der Waals surface area contributed by atoms with Gasteiger partial charge in [-0.1, -0.05) is 19.1 Å². The van der Waals surface area contributed by atoms with Crippen LogP contribution >= 0.6 is 15.9 Å². The maximum Gasteiger partial charge on any atom is 0.147 e.